The fourth-order valence-electron chi connectivity index (χ4n) is 3.59. The highest BCUT2D eigenvalue weighted by molar-refractivity contribution is 7.99. The van der Waals surface area contributed by atoms with E-state index in [9.17, 15) is 4.79 Å². The van der Waals surface area contributed by atoms with E-state index in [0.717, 1.165) is 40.1 Å². The van der Waals surface area contributed by atoms with Gasteiger partial charge in [0.15, 0.2) is 5.78 Å². The number of thioether (sulfide) groups is 1. The summed E-state index contributed by atoms with van der Waals surface area (Å²) in [4.78, 5) is 20.6. The van der Waals surface area contributed by atoms with Crippen molar-refractivity contribution in [2.45, 2.75) is 44.8 Å². The molecule has 1 unspecified atom stereocenters. The smallest absolute Gasteiger partial charge is 0.227 e. The summed E-state index contributed by atoms with van der Waals surface area (Å²) < 4.78 is 1.86. The molecule has 126 valence electrons. The number of carbonyl (C=O) groups excluding carboxylic acids is 1. The van der Waals surface area contributed by atoms with Crippen molar-refractivity contribution in [3.63, 3.8) is 0 Å². The van der Waals surface area contributed by atoms with Crippen LogP contribution >= 0.6 is 11.8 Å². The first-order chi connectivity index (χ1) is 11.5. The highest BCUT2D eigenvalue weighted by atomic mass is 32.2. The number of allylic oxidation sites excluding steroid dienone is 2. The van der Waals surface area contributed by atoms with Crippen molar-refractivity contribution >= 4 is 23.5 Å². The van der Waals surface area contributed by atoms with Gasteiger partial charge in [0.2, 0.25) is 11.1 Å². The highest BCUT2D eigenvalue weighted by Crippen LogP contribution is 2.45. The van der Waals surface area contributed by atoms with E-state index in [1.807, 2.05) is 23.1 Å². The van der Waals surface area contributed by atoms with Crippen LogP contribution in [0.15, 0.2) is 34.9 Å². The second-order valence-corrected chi connectivity index (χ2v) is 8.33. The molecule has 1 aliphatic heterocycles. The second-order valence-electron chi connectivity index (χ2n) is 7.10. The molecule has 2 N–H and O–H groups in total. The molecule has 1 atom stereocenters. The molecule has 0 saturated carbocycles. The first-order valence-corrected chi connectivity index (χ1v) is 9.22. The number of ketones is 1. The summed E-state index contributed by atoms with van der Waals surface area (Å²) in [6.45, 7) is 6.36. The van der Waals surface area contributed by atoms with Gasteiger partial charge in [-0.05, 0) is 29.2 Å². The number of Topliss-reactive ketones (excluding diaryl/α,β-unsaturated/α-hetero) is 1. The average molecular weight is 343 g/mol. The third kappa shape index (κ3) is 2.47. The molecular weight excluding hydrogens is 322 g/mol. The minimum absolute atomic E-state index is 0.0329. The van der Waals surface area contributed by atoms with Gasteiger partial charge < -0.3 is 10.3 Å². The van der Waals surface area contributed by atoms with Crippen LogP contribution in [0.5, 0.6) is 0 Å². The first kappa shape index (κ1) is 15.5. The average Bonchev–Trinajstić information content (AvgIpc) is 3.12. The van der Waals surface area contributed by atoms with Crippen LogP contribution in [-0.4, -0.2) is 31.3 Å². The Morgan fingerprint density at radius 1 is 1.42 bits per heavy atom. The van der Waals surface area contributed by atoms with Gasteiger partial charge in [0, 0.05) is 30.1 Å². The maximum Gasteiger partial charge on any atom is 0.227 e. The van der Waals surface area contributed by atoms with Crippen molar-refractivity contribution in [3.8, 4) is 0 Å². The van der Waals surface area contributed by atoms with Gasteiger partial charge in [0.1, 0.15) is 6.04 Å². The molecule has 7 heteroatoms. The summed E-state index contributed by atoms with van der Waals surface area (Å²) in [6.07, 6.45) is 5.23. The Labute approximate surface area is 145 Å². The number of hydrogen-bond donors (Lipinski definition) is 2. The van der Waals surface area contributed by atoms with E-state index in [2.05, 4.69) is 41.2 Å². The molecule has 0 amide bonds. The first-order valence-electron chi connectivity index (χ1n) is 8.24. The molecule has 0 spiro atoms. The predicted molar refractivity (Wildman–Crippen MR) is 94.0 cm³/mol. The summed E-state index contributed by atoms with van der Waals surface area (Å²) in [7, 11) is 0. The topological polar surface area (TPSA) is 75.6 Å². The van der Waals surface area contributed by atoms with Crippen LogP contribution < -0.4 is 5.32 Å². The maximum absolute atomic E-state index is 12.9. The van der Waals surface area contributed by atoms with E-state index in [1.54, 1.807) is 11.8 Å². The van der Waals surface area contributed by atoms with Gasteiger partial charge in [-0.3, -0.25) is 4.79 Å². The maximum atomic E-state index is 12.9. The molecule has 24 heavy (non-hydrogen) atoms. The van der Waals surface area contributed by atoms with Crippen LogP contribution in [0.1, 0.15) is 45.2 Å². The standard InChI is InChI=1S/C17H21N5OS/c1-4-24-16-20-15-19-11-7-17(2,3)8-12(23)13(11)14(22(15)21-16)10-5-6-18-9-10/h5-6,9,14,18H,4,7-8H2,1-3H3,(H,19,20,21). The van der Waals surface area contributed by atoms with E-state index in [0.29, 0.717) is 6.42 Å². The Morgan fingerprint density at radius 2 is 2.25 bits per heavy atom. The lowest BCUT2D eigenvalue weighted by Crippen LogP contribution is -2.36. The molecule has 3 heterocycles. The SMILES string of the molecule is CCSc1nc2n(n1)C(c1cc[nH]c1)C1=C(CC(C)(C)CC1=O)N2. The molecule has 0 fully saturated rings. The van der Waals surface area contributed by atoms with Crippen molar-refractivity contribution in [2.75, 3.05) is 11.1 Å². The summed E-state index contributed by atoms with van der Waals surface area (Å²) in [5.41, 5.74) is 2.83. The van der Waals surface area contributed by atoms with Gasteiger partial charge in [-0.2, -0.15) is 4.98 Å². The lowest BCUT2D eigenvalue weighted by molar-refractivity contribution is -0.118. The number of H-pyrrole nitrogens is 1. The molecule has 2 aromatic heterocycles. The number of fused-ring (bicyclic) bond motifs is 1. The van der Waals surface area contributed by atoms with Crippen molar-refractivity contribution < 1.29 is 4.79 Å². The zero-order valence-electron chi connectivity index (χ0n) is 14.1. The minimum atomic E-state index is -0.204. The van der Waals surface area contributed by atoms with E-state index in [4.69, 9.17) is 0 Å². The predicted octanol–water partition coefficient (Wildman–Crippen LogP) is 3.38. The van der Waals surface area contributed by atoms with Crippen LogP contribution in [0, 0.1) is 5.41 Å². The fourth-order valence-corrected chi connectivity index (χ4v) is 4.15. The monoisotopic (exact) mass is 343 g/mol. The third-order valence-corrected chi connectivity index (χ3v) is 5.24. The largest absolute Gasteiger partial charge is 0.367 e. The number of nitrogens with zero attached hydrogens (tertiary/aromatic N) is 3. The van der Waals surface area contributed by atoms with Crippen molar-refractivity contribution in [3.05, 3.63) is 35.3 Å². The number of rotatable bonds is 3. The van der Waals surface area contributed by atoms with E-state index in [1.165, 1.54) is 0 Å². The zero-order valence-corrected chi connectivity index (χ0v) is 14.9. The van der Waals surface area contributed by atoms with E-state index >= 15 is 0 Å². The molecule has 1 aliphatic carbocycles. The van der Waals surface area contributed by atoms with E-state index < -0.39 is 0 Å². The fraction of sp³-hybridized carbons (Fsp3) is 0.471. The molecule has 6 nitrogen and oxygen atoms in total. The summed E-state index contributed by atoms with van der Waals surface area (Å²) in [5, 5.41) is 8.77. The van der Waals surface area contributed by atoms with Crippen LogP contribution in [0.25, 0.3) is 0 Å². The Bertz CT molecular complexity index is 818. The van der Waals surface area contributed by atoms with Crippen LogP contribution in [0.4, 0.5) is 5.95 Å². The molecule has 0 aromatic carbocycles. The molecule has 4 rings (SSSR count). The summed E-state index contributed by atoms with van der Waals surface area (Å²) in [5.74, 6) is 1.84. The van der Waals surface area contributed by atoms with Crippen molar-refractivity contribution in [1.29, 1.82) is 0 Å². The number of nitrogens with one attached hydrogen (secondary N) is 2. The van der Waals surface area contributed by atoms with Crippen LogP contribution in [-0.2, 0) is 4.79 Å². The lowest BCUT2D eigenvalue weighted by atomic mass is 9.73. The summed E-state index contributed by atoms with van der Waals surface area (Å²) in [6, 6.07) is 1.80. The van der Waals surface area contributed by atoms with Gasteiger partial charge in [0.05, 0.1) is 0 Å². The number of hydrogen-bond acceptors (Lipinski definition) is 5. The Kier molecular flexibility index (Phi) is 3.56. The normalized spacial score (nSPS) is 22.1. The van der Waals surface area contributed by atoms with Gasteiger partial charge in [-0.15, -0.1) is 5.10 Å². The van der Waals surface area contributed by atoms with Crippen molar-refractivity contribution in [1.82, 2.24) is 19.7 Å². The van der Waals surface area contributed by atoms with Gasteiger partial charge in [-0.1, -0.05) is 32.5 Å². The molecule has 0 bridgehead atoms. The van der Waals surface area contributed by atoms with E-state index in [-0.39, 0.29) is 17.2 Å². The highest BCUT2D eigenvalue weighted by Gasteiger charge is 2.41. The Hall–Kier alpha value is -2.02. The molecule has 0 saturated heterocycles. The minimum Gasteiger partial charge on any atom is -0.367 e. The van der Waals surface area contributed by atoms with Gasteiger partial charge in [-0.25, -0.2) is 4.68 Å². The number of aromatic amines is 1. The number of carbonyl (C=O) groups is 1. The Morgan fingerprint density at radius 3 is 2.96 bits per heavy atom. The number of aromatic nitrogens is 4. The molecule has 0 radical (unpaired) electrons. The summed E-state index contributed by atoms with van der Waals surface area (Å²) >= 11 is 1.61. The second kappa shape index (κ2) is 5.51. The van der Waals surface area contributed by atoms with Gasteiger partial charge >= 0.3 is 0 Å². The van der Waals surface area contributed by atoms with Crippen LogP contribution in [0.2, 0.25) is 0 Å². The Balaban J connectivity index is 1.86. The lowest BCUT2D eigenvalue weighted by Gasteiger charge is -2.37. The molecular formula is C17H21N5OS. The van der Waals surface area contributed by atoms with Crippen molar-refractivity contribution in [2.24, 2.45) is 5.41 Å². The van der Waals surface area contributed by atoms with Crippen LogP contribution in [0.3, 0.4) is 0 Å². The quantitative estimate of drug-likeness (QED) is 0.836. The molecule has 2 aliphatic rings. The number of anilines is 1. The zero-order chi connectivity index (χ0) is 16.9. The van der Waals surface area contributed by atoms with Gasteiger partial charge in [0.25, 0.3) is 0 Å². The third-order valence-electron chi connectivity index (χ3n) is 4.52. The molecule has 2 aromatic rings.